The van der Waals surface area contributed by atoms with Crippen LogP contribution in [0.2, 0.25) is 0 Å². The fourth-order valence-corrected chi connectivity index (χ4v) is 0. The third-order valence-corrected chi connectivity index (χ3v) is 10.9. The zero-order valence-corrected chi connectivity index (χ0v) is 7.88. The first-order chi connectivity index (χ1) is 2.94. The SMILES string of the molecule is CS(C)=[P](O)(O)[Mo]. The number of hydrogen-bond acceptors (Lipinski definition) is 0. The van der Waals surface area contributed by atoms with E-state index < -0.39 is 4.58 Å². The maximum absolute atomic E-state index is 8.78. The van der Waals surface area contributed by atoms with Crippen molar-refractivity contribution in [2.45, 2.75) is 0 Å². The summed E-state index contributed by atoms with van der Waals surface area (Å²) < 4.78 is -2.45. The molecule has 2 N–H and O–H groups in total. The van der Waals surface area contributed by atoms with Gasteiger partial charge in [-0.15, -0.1) is 0 Å². The van der Waals surface area contributed by atoms with E-state index in [0.717, 1.165) is 0 Å². The fourth-order valence-electron chi connectivity index (χ4n) is 0. The van der Waals surface area contributed by atoms with Crippen LogP contribution in [0, 0.1) is 0 Å². The Bertz CT molecular complexity index is 105. The van der Waals surface area contributed by atoms with Gasteiger partial charge in [-0.1, -0.05) is 0 Å². The molecule has 0 aromatic heterocycles. The molecule has 0 bridgehead atoms. The van der Waals surface area contributed by atoms with E-state index in [9.17, 15) is 0 Å². The molecule has 0 radical (unpaired) electrons. The second kappa shape index (κ2) is 2.79. The topological polar surface area (TPSA) is 40.5 Å². The van der Waals surface area contributed by atoms with Gasteiger partial charge in [-0.2, -0.15) is 0 Å². The first-order valence-corrected chi connectivity index (χ1v) is 8.53. The van der Waals surface area contributed by atoms with Crippen molar-refractivity contribution in [3.05, 3.63) is 0 Å². The van der Waals surface area contributed by atoms with Crippen LogP contribution >= 0.6 is 4.58 Å². The van der Waals surface area contributed by atoms with Crippen LogP contribution in [0.4, 0.5) is 0 Å². The molecule has 0 rings (SSSR count). The van der Waals surface area contributed by atoms with E-state index in [-0.39, 0.29) is 10.1 Å². The summed E-state index contributed by atoms with van der Waals surface area (Å²) >= 11 is 1.43. The second-order valence-electron chi connectivity index (χ2n) is 1.26. The molecule has 0 amide bonds. The monoisotopic (exact) mass is 225 g/mol. The van der Waals surface area contributed by atoms with Crippen LogP contribution in [-0.2, 0) is 29.4 Å². The summed E-state index contributed by atoms with van der Waals surface area (Å²) in [6, 6.07) is 0. The Kier molecular flexibility index (Phi) is 3.35. The van der Waals surface area contributed by atoms with Crippen LogP contribution in [0.15, 0.2) is 0 Å². The van der Waals surface area contributed by atoms with Gasteiger partial charge in [0.25, 0.3) is 0 Å². The van der Waals surface area contributed by atoms with E-state index in [1.165, 1.54) is 19.3 Å². The third-order valence-electron chi connectivity index (χ3n) is 0.476. The van der Waals surface area contributed by atoms with Crippen LogP contribution < -0.4 is 0 Å². The van der Waals surface area contributed by atoms with Gasteiger partial charge in [-0.25, -0.2) is 0 Å². The first kappa shape index (κ1) is 8.39. The summed E-state index contributed by atoms with van der Waals surface area (Å²) in [7, 11) is -0.206. The Hall–Kier alpha value is 1.39. The molecule has 0 fully saturated rings. The Morgan fingerprint density at radius 1 is 1.43 bits per heavy atom. The standard InChI is InChI=1S/C2H8O2PS.Mo/c1-6(2)5(3)4;/h3-4H,1-2H3;/q+1;-1. The molecule has 45 valence electrons. The van der Waals surface area contributed by atoms with Crippen LogP contribution in [0.3, 0.4) is 0 Å². The first-order valence-electron chi connectivity index (χ1n) is 1.58. The fraction of sp³-hybridized carbons (Fsp3) is 1.00. The Morgan fingerprint density at radius 2 is 1.57 bits per heavy atom. The molecule has 0 atom stereocenters. The summed E-state index contributed by atoms with van der Waals surface area (Å²) in [6.45, 7) is 0. The molecule has 0 unspecified atom stereocenters. The van der Waals surface area contributed by atoms with Crippen molar-refractivity contribution in [2.75, 3.05) is 12.5 Å². The van der Waals surface area contributed by atoms with Gasteiger partial charge in [-0.3, -0.25) is 0 Å². The molecule has 0 aliphatic heterocycles. The van der Waals surface area contributed by atoms with Gasteiger partial charge < -0.3 is 0 Å². The van der Waals surface area contributed by atoms with Crippen LogP contribution in [0.5, 0.6) is 0 Å². The van der Waals surface area contributed by atoms with Crippen molar-refractivity contribution in [3.8, 4) is 0 Å². The van der Waals surface area contributed by atoms with Gasteiger partial charge in [0.15, 0.2) is 0 Å². The molecular weight excluding hydrogens is 215 g/mol. The minimum atomic E-state index is -2.45. The molecule has 0 saturated carbocycles. The maximum atomic E-state index is 8.78. The molecule has 0 spiro atoms. The quantitative estimate of drug-likeness (QED) is 0.450. The molecule has 0 aromatic rings. The van der Waals surface area contributed by atoms with Crippen molar-refractivity contribution in [3.63, 3.8) is 0 Å². The Morgan fingerprint density at radius 3 is 1.57 bits per heavy atom. The van der Waals surface area contributed by atoms with Crippen molar-refractivity contribution >= 4 is 14.7 Å². The Balaban J connectivity index is 4.28. The minimum absolute atomic E-state index is 0.206. The predicted molar refractivity (Wildman–Crippen MR) is 30.6 cm³/mol. The van der Waals surface area contributed by atoms with E-state index >= 15 is 0 Å². The van der Waals surface area contributed by atoms with Crippen molar-refractivity contribution in [1.82, 2.24) is 0 Å². The van der Waals surface area contributed by atoms with E-state index in [0.29, 0.717) is 0 Å². The second-order valence-corrected chi connectivity index (χ2v) is 13.1. The molecule has 0 aliphatic rings. The molecular formula is C2H8MoO2PS. The molecule has 7 heavy (non-hydrogen) atoms. The normalized spacial score (nSPS) is 12.7. The van der Waals surface area contributed by atoms with Crippen LogP contribution in [0.25, 0.3) is 0 Å². The summed E-state index contributed by atoms with van der Waals surface area (Å²) in [5.74, 6) is 0. The number of hydrogen-bond donors (Lipinski definition) is 2. The molecule has 0 heterocycles. The molecule has 0 aliphatic carbocycles. The zero-order valence-electron chi connectivity index (χ0n) is 4.16. The summed E-state index contributed by atoms with van der Waals surface area (Å²) in [5.41, 5.74) is 0. The Labute approximate surface area is 56.4 Å². The van der Waals surface area contributed by atoms with Gasteiger partial charge in [0.1, 0.15) is 0 Å². The van der Waals surface area contributed by atoms with Crippen molar-refractivity contribution in [1.29, 1.82) is 0 Å². The molecule has 5 heteroatoms. The van der Waals surface area contributed by atoms with Gasteiger partial charge in [0.05, 0.1) is 0 Å². The predicted octanol–water partition coefficient (Wildman–Crippen LogP) is 0.0733. The van der Waals surface area contributed by atoms with Crippen molar-refractivity contribution in [2.24, 2.45) is 0 Å². The summed E-state index contributed by atoms with van der Waals surface area (Å²) in [6.07, 6.45) is 3.66. The van der Waals surface area contributed by atoms with Gasteiger partial charge in [0.2, 0.25) is 0 Å². The van der Waals surface area contributed by atoms with Crippen LogP contribution in [0.1, 0.15) is 0 Å². The van der Waals surface area contributed by atoms with Gasteiger partial charge in [-0.05, 0) is 0 Å². The molecule has 0 aromatic carbocycles. The number of rotatable bonds is 0. The van der Waals surface area contributed by atoms with E-state index in [2.05, 4.69) is 0 Å². The van der Waals surface area contributed by atoms with Gasteiger partial charge in [0, 0.05) is 0 Å². The zero-order chi connectivity index (χ0) is 6.08. The van der Waals surface area contributed by atoms with Gasteiger partial charge >= 0.3 is 56.3 Å². The van der Waals surface area contributed by atoms with E-state index in [1.54, 1.807) is 0 Å². The van der Waals surface area contributed by atoms with E-state index in [1.807, 2.05) is 12.5 Å². The van der Waals surface area contributed by atoms with Crippen LogP contribution in [-0.4, -0.2) is 22.3 Å². The average molecular weight is 223 g/mol. The molecule has 0 saturated heterocycles. The average Bonchev–Trinajstić information content (AvgIpc) is 1.31. The summed E-state index contributed by atoms with van der Waals surface area (Å²) in [5, 5.41) is 0. The van der Waals surface area contributed by atoms with Crippen molar-refractivity contribution < 1.29 is 29.1 Å². The molecule has 2 nitrogen and oxygen atoms in total. The summed E-state index contributed by atoms with van der Waals surface area (Å²) in [4.78, 5) is 17.6. The van der Waals surface area contributed by atoms with E-state index in [4.69, 9.17) is 9.79 Å². The third kappa shape index (κ3) is 3.93.